The maximum absolute atomic E-state index is 11.5. The van der Waals surface area contributed by atoms with Gasteiger partial charge in [0, 0.05) is 51.1 Å². The van der Waals surface area contributed by atoms with Crippen LogP contribution in [0.1, 0.15) is 25.5 Å². The van der Waals surface area contributed by atoms with Crippen LogP contribution in [0.3, 0.4) is 0 Å². The molecule has 7 heteroatoms. The molecule has 0 atom stereocenters. The van der Waals surface area contributed by atoms with Crippen molar-refractivity contribution >= 4 is 22.8 Å². The standard InChI is InChI=1S/C21H31N5O2/c1-3-23-21(25-17-9-12-26(13-10-17)15-20(27)22-2)24-11-8-18-14-16-6-4-5-7-19(16)28-18/h4-7,14,17H,3,8-13,15H2,1-2H3,(H,22,27)(H2,23,24,25). The molecular formula is C21H31N5O2. The monoisotopic (exact) mass is 385 g/mol. The number of aliphatic imine (C=N–C) groups is 1. The number of likely N-dealkylation sites (N-methyl/N-ethyl adjacent to an activating group) is 1. The molecule has 0 aliphatic carbocycles. The van der Waals surface area contributed by atoms with Gasteiger partial charge in [-0.1, -0.05) is 18.2 Å². The van der Waals surface area contributed by atoms with Crippen molar-refractivity contribution in [3.8, 4) is 0 Å². The molecule has 1 aromatic carbocycles. The van der Waals surface area contributed by atoms with E-state index < -0.39 is 0 Å². The number of hydrogen-bond donors (Lipinski definition) is 3. The third-order valence-electron chi connectivity index (χ3n) is 5.02. The Morgan fingerprint density at radius 2 is 2.07 bits per heavy atom. The highest BCUT2D eigenvalue weighted by Crippen LogP contribution is 2.19. The molecule has 1 aromatic heterocycles. The van der Waals surface area contributed by atoms with Gasteiger partial charge in [-0.3, -0.25) is 14.7 Å². The van der Waals surface area contributed by atoms with E-state index in [1.165, 1.54) is 0 Å². The number of furan rings is 1. The van der Waals surface area contributed by atoms with Gasteiger partial charge in [-0.15, -0.1) is 0 Å². The second kappa shape index (κ2) is 10.1. The molecule has 0 bridgehead atoms. The van der Waals surface area contributed by atoms with E-state index in [0.717, 1.165) is 61.6 Å². The topological polar surface area (TPSA) is 81.9 Å². The predicted molar refractivity (Wildman–Crippen MR) is 113 cm³/mol. The Bertz CT molecular complexity index is 760. The Balaban J connectivity index is 1.48. The molecule has 3 rings (SSSR count). The van der Waals surface area contributed by atoms with Crippen molar-refractivity contribution in [3.05, 3.63) is 36.1 Å². The summed E-state index contributed by atoms with van der Waals surface area (Å²) >= 11 is 0. The van der Waals surface area contributed by atoms with E-state index >= 15 is 0 Å². The molecule has 2 heterocycles. The molecule has 0 radical (unpaired) electrons. The summed E-state index contributed by atoms with van der Waals surface area (Å²) in [6, 6.07) is 10.5. The van der Waals surface area contributed by atoms with E-state index in [1.54, 1.807) is 7.05 Å². The molecule has 1 aliphatic rings. The largest absolute Gasteiger partial charge is 0.461 e. The van der Waals surface area contributed by atoms with Crippen molar-refractivity contribution in [1.29, 1.82) is 0 Å². The van der Waals surface area contributed by atoms with E-state index in [1.807, 2.05) is 18.2 Å². The van der Waals surface area contributed by atoms with Gasteiger partial charge in [-0.25, -0.2) is 0 Å². The minimum absolute atomic E-state index is 0.0758. The zero-order valence-electron chi connectivity index (χ0n) is 16.8. The van der Waals surface area contributed by atoms with Crippen LogP contribution >= 0.6 is 0 Å². The summed E-state index contributed by atoms with van der Waals surface area (Å²) in [6.07, 6.45) is 2.78. The number of amides is 1. The zero-order valence-corrected chi connectivity index (χ0v) is 16.8. The second-order valence-electron chi connectivity index (χ2n) is 7.13. The van der Waals surface area contributed by atoms with Gasteiger partial charge in [0.15, 0.2) is 5.96 Å². The molecule has 0 spiro atoms. The van der Waals surface area contributed by atoms with E-state index in [4.69, 9.17) is 9.41 Å². The first-order valence-electron chi connectivity index (χ1n) is 10.1. The summed E-state index contributed by atoms with van der Waals surface area (Å²) in [6.45, 7) is 5.89. The Morgan fingerprint density at radius 3 is 2.79 bits per heavy atom. The van der Waals surface area contributed by atoms with Crippen molar-refractivity contribution in [2.24, 2.45) is 4.99 Å². The number of nitrogens with zero attached hydrogens (tertiary/aromatic N) is 2. The highest BCUT2D eigenvalue weighted by atomic mass is 16.3. The van der Waals surface area contributed by atoms with Crippen LogP contribution in [-0.2, 0) is 11.2 Å². The number of fused-ring (bicyclic) bond motifs is 1. The maximum atomic E-state index is 11.5. The van der Waals surface area contributed by atoms with Crippen molar-refractivity contribution in [2.75, 3.05) is 39.8 Å². The Kier molecular flexibility index (Phi) is 7.31. The van der Waals surface area contributed by atoms with Gasteiger partial charge in [0.2, 0.25) is 5.91 Å². The maximum Gasteiger partial charge on any atom is 0.233 e. The Morgan fingerprint density at radius 1 is 1.29 bits per heavy atom. The number of rotatable bonds is 7. The van der Waals surface area contributed by atoms with Crippen molar-refractivity contribution in [2.45, 2.75) is 32.2 Å². The lowest BCUT2D eigenvalue weighted by atomic mass is 10.1. The van der Waals surface area contributed by atoms with Crippen LogP contribution in [0.25, 0.3) is 11.0 Å². The van der Waals surface area contributed by atoms with Gasteiger partial charge < -0.3 is 20.4 Å². The van der Waals surface area contributed by atoms with E-state index in [0.29, 0.717) is 19.1 Å². The number of guanidine groups is 1. The van der Waals surface area contributed by atoms with Crippen molar-refractivity contribution in [3.63, 3.8) is 0 Å². The van der Waals surface area contributed by atoms with Gasteiger partial charge >= 0.3 is 0 Å². The van der Waals surface area contributed by atoms with Gasteiger partial charge in [0.05, 0.1) is 6.54 Å². The molecular weight excluding hydrogens is 354 g/mol. The molecule has 3 N–H and O–H groups in total. The quantitative estimate of drug-likeness (QED) is 0.500. The van der Waals surface area contributed by atoms with Gasteiger partial charge in [-0.05, 0) is 31.9 Å². The van der Waals surface area contributed by atoms with Crippen molar-refractivity contribution in [1.82, 2.24) is 20.9 Å². The lowest BCUT2D eigenvalue weighted by molar-refractivity contribution is -0.122. The summed E-state index contributed by atoms with van der Waals surface area (Å²) in [7, 11) is 1.68. The van der Waals surface area contributed by atoms with Crippen molar-refractivity contribution < 1.29 is 9.21 Å². The molecule has 1 saturated heterocycles. The summed E-state index contributed by atoms with van der Waals surface area (Å²) in [5.74, 6) is 1.89. The molecule has 7 nitrogen and oxygen atoms in total. The zero-order chi connectivity index (χ0) is 19.8. The van der Waals surface area contributed by atoms with E-state index in [2.05, 4.69) is 39.9 Å². The van der Waals surface area contributed by atoms with Crippen LogP contribution in [0.5, 0.6) is 0 Å². The molecule has 1 fully saturated rings. The fraction of sp³-hybridized carbons (Fsp3) is 0.524. The molecule has 0 unspecified atom stereocenters. The third-order valence-corrected chi connectivity index (χ3v) is 5.02. The average Bonchev–Trinajstić information content (AvgIpc) is 3.12. The van der Waals surface area contributed by atoms with Crippen LogP contribution in [0.2, 0.25) is 0 Å². The summed E-state index contributed by atoms with van der Waals surface area (Å²) in [4.78, 5) is 18.4. The SMILES string of the molecule is CCNC(=NCCc1cc2ccccc2o1)NC1CCN(CC(=O)NC)CC1. The minimum atomic E-state index is 0.0758. The van der Waals surface area contributed by atoms with Crippen LogP contribution < -0.4 is 16.0 Å². The molecule has 2 aromatic rings. The third kappa shape index (κ3) is 5.73. The number of benzene rings is 1. The van der Waals surface area contributed by atoms with E-state index in [9.17, 15) is 4.79 Å². The smallest absolute Gasteiger partial charge is 0.233 e. The van der Waals surface area contributed by atoms with Crippen LogP contribution in [0.4, 0.5) is 0 Å². The fourth-order valence-electron chi connectivity index (χ4n) is 3.47. The molecule has 1 amide bonds. The average molecular weight is 386 g/mol. The van der Waals surface area contributed by atoms with E-state index in [-0.39, 0.29) is 5.91 Å². The molecule has 1 aliphatic heterocycles. The molecule has 152 valence electrons. The molecule has 0 saturated carbocycles. The number of hydrogen-bond acceptors (Lipinski definition) is 4. The number of likely N-dealkylation sites (tertiary alicyclic amines) is 1. The van der Waals surface area contributed by atoms with Crippen LogP contribution in [0.15, 0.2) is 39.7 Å². The Hall–Kier alpha value is -2.54. The first-order valence-corrected chi connectivity index (χ1v) is 10.1. The highest BCUT2D eigenvalue weighted by molar-refractivity contribution is 5.80. The first kappa shape index (κ1) is 20.2. The number of piperidine rings is 1. The number of carbonyl (C=O) groups excluding carboxylic acids is 1. The minimum Gasteiger partial charge on any atom is -0.461 e. The number of nitrogens with one attached hydrogen (secondary N) is 3. The summed E-state index contributed by atoms with van der Waals surface area (Å²) < 4.78 is 5.86. The predicted octanol–water partition coefficient (Wildman–Crippen LogP) is 1.74. The summed E-state index contributed by atoms with van der Waals surface area (Å²) in [5, 5.41) is 10.7. The van der Waals surface area contributed by atoms with Crippen LogP contribution in [-0.4, -0.2) is 62.6 Å². The highest BCUT2D eigenvalue weighted by Gasteiger charge is 2.21. The van der Waals surface area contributed by atoms with Gasteiger partial charge in [-0.2, -0.15) is 0 Å². The number of para-hydroxylation sites is 1. The lowest BCUT2D eigenvalue weighted by Crippen LogP contribution is -2.50. The fourth-order valence-corrected chi connectivity index (χ4v) is 3.47. The lowest BCUT2D eigenvalue weighted by Gasteiger charge is -2.32. The summed E-state index contributed by atoms with van der Waals surface area (Å²) in [5.41, 5.74) is 0.926. The number of carbonyl (C=O) groups is 1. The molecule has 28 heavy (non-hydrogen) atoms. The normalized spacial score (nSPS) is 16.3. The first-order chi connectivity index (χ1) is 13.7. The van der Waals surface area contributed by atoms with Crippen LogP contribution in [0, 0.1) is 0 Å². The van der Waals surface area contributed by atoms with Gasteiger partial charge in [0.25, 0.3) is 0 Å². The van der Waals surface area contributed by atoms with Gasteiger partial charge in [0.1, 0.15) is 11.3 Å². The Labute approximate surface area is 166 Å². The second-order valence-corrected chi connectivity index (χ2v) is 7.13.